The van der Waals surface area contributed by atoms with Crippen LogP contribution in [-0.2, 0) is 14.8 Å². The van der Waals surface area contributed by atoms with Crippen molar-refractivity contribution in [2.75, 3.05) is 13.1 Å². The third-order valence-corrected chi connectivity index (χ3v) is 7.55. The van der Waals surface area contributed by atoms with Crippen LogP contribution >= 0.6 is 22.9 Å². The number of ether oxygens (including phenoxy) is 1. The Balaban J connectivity index is 1.61. The molecule has 134 valence electrons. The van der Waals surface area contributed by atoms with Gasteiger partial charge in [0.15, 0.2) is 0 Å². The van der Waals surface area contributed by atoms with Crippen LogP contribution in [0.4, 0.5) is 4.39 Å². The number of piperidine rings is 1. The minimum atomic E-state index is -3.50. The van der Waals surface area contributed by atoms with E-state index in [1.807, 2.05) is 0 Å². The minimum absolute atomic E-state index is 0.0195. The van der Waals surface area contributed by atoms with Gasteiger partial charge < -0.3 is 4.74 Å². The van der Waals surface area contributed by atoms with Gasteiger partial charge in [0.1, 0.15) is 15.8 Å². The number of hydrogen-bond acceptors (Lipinski definition) is 5. The Hall–Kier alpha value is -1.48. The van der Waals surface area contributed by atoms with Crippen molar-refractivity contribution in [1.29, 1.82) is 0 Å². The predicted molar refractivity (Wildman–Crippen MR) is 92.8 cm³/mol. The summed E-state index contributed by atoms with van der Waals surface area (Å²) in [4.78, 5) is 12.2. The third-order valence-electron chi connectivity index (χ3n) is 3.98. The Morgan fingerprint density at radius 3 is 2.60 bits per heavy atom. The van der Waals surface area contributed by atoms with E-state index in [1.165, 1.54) is 21.7 Å². The van der Waals surface area contributed by atoms with Gasteiger partial charge in [0.2, 0.25) is 0 Å². The van der Waals surface area contributed by atoms with E-state index in [2.05, 4.69) is 0 Å². The highest BCUT2D eigenvalue weighted by Crippen LogP contribution is 2.29. The lowest BCUT2D eigenvalue weighted by molar-refractivity contribution is -0.140. The first kappa shape index (κ1) is 18.3. The molecule has 0 N–H and O–H groups in total. The van der Waals surface area contributed by atoms with Crippen molar-refractivity contribution < 1.29 is 22.3 Å². The van der Waals surface area contributed by atoms with Gasteiger partial charge >= 0.3 is 5.97 Å². The highest BCUT2D eigenvalue weighted by atomic mass is 35.5. The Labute approximate surface area is 154 Å². The van der Waals surface area contributed by atoms with Gasteiger partial charge in [0.25, 0.3) is 10.0 Å². The summed E-state index contributed by atoms with van der Waals surface area (Å²) >= 11 is 7.02. The lowest BCUT2D eigenvalue weighted by atomic mass is 9.98. The molecule has 25 heavy (non-hydrogen) atoms. The van der Waals surface area contributed by atoms with Crippen LogP contribution in [-0.4, -0.2) is 31.8 Å². The van der Waals surface area contributed by atoms with Crippen molar-refractivity contribution in [3.8, 4) is 5.75 Å². The molecule has 9 heteroatoms. The molecule has 1 aliphatic rings. The average Bonchev–Trinajstić information content (AvgIpc) is 3.13. The highest BCUT2D eigenvalue weighted by Gasteiger charge is 2.33. The van der Waals surface area contributed by atoms with Crippen molar-refractivity contribution in [3.63, 3.8) is 0 Å². The van der Waals surface area contributed by atoms with Gasteiger partial charge in [-0.05, 0) is 42.5 Å². The van der Waals surface area contributed by atoms with E-state index in [9.17, 15) is 17.6 Å². The summed E-state index contributed by atoms with van der Waals surface area (Å²) in [5.74, 6) is -1.32. The minimum Gasteiger partial charge on any atom is -0.425 e. The van der Waals surface area contributed by atoms with Crippen LogP contribution in [0.15, 0.2) is 39.9 Å². The van der Waals surface area contributed by atoms with E-state index < -0.39 is 27.7 Å². The van der Waals surface area contributed by atoms with Crippen molar-refractivity contribution in [3.05, 3.63) is 46.6 Å². The molecule has 0 aliphatic carbocycles. The Morgan fingerprint density at radius 2 is 2.00 bits per heavy atom. The van der Waals surface area contributed by atoms with Gasteiger partial charge in [-0.15, -0.1) is 11.3 Å². The van der Waals surface area contributed by atoms with Crippen molar-refractivity contribution in [2.24, 2.45) is 5.92 Å². The SMILES string of the molecule is O=C(Oc1ccc(F)cc1Cl)C1CCN(S(=O)(=O)c2cccs2)CC1. The number of halogens is 2. The molecule has 0 amide bonds. The first-order valence-electron chi connectivity index (χ1n) is 7.58. The number of hydrogen-bond donors (Lipinski definition) is 0. The fourth-order valence-corrected chi connectivity index (χ4v) is 5.44. The van der Waals surface area contributed by atoms with Gasteiger partial charge in [0, 0.05) is 13.1 Å². The second kappa shape index (κ2) is 7.41. The summed E-state index contributed by atoms with van der Waals surface area (Å²) in [5, 5.41) is 1.73. The molecule has 0 saturated carbocycles. The molecule has 2 heterocycles. The molecule has 1 aromatic heterocycles. The van der Waals surface area contributed by atoms with Crippen molar-refractivity contribution in [2.45, 2.75) is 17.1 Å². The molecule has 1 aliphatic heterocycles. The normalized spacial score (nSPS) is 16.7. The summed E-state index contributed by atoms with van der Waals surface area (Å²) < 4.78 is 44.9. The lowest BCUT2D eigenvalue weighted by Crippen LogP contribution is -2.40. The van der Waals surface area contributed by atoms with Crippen LogP contribution in [0.5, 0.6) is 5.75 Å². The summed E-state index contributed by atoms with van der Waals surface area (Å²) in [6.07, 6.45) is 0.727. The van der Waals surface area contributed by atoms with E-state index >= 15 is 0 Å². The van der Waals surface area contributed by atoms with Gasteiger partial charge in [-0.2, -0.15) is 4.31 Å². The number of sulfonamides is 1. The molecule has 1 aromatic carbocycles. The topological polar surface area (TPSA) is 63.7 Å². The van der Waals surface area contributed by atoms with Gasteiger partial charge in [0.05, 0.1) is 10.9 Å². The fourth-order valence-electron chi connectivity index (χ4n) is 2.62. The van der Waals surface area contributed by atoms with Crippen LogP contribution in [0.2, 0.25) is 5.02 Å². The zero-order chi connectivity index (χ0) is 18.0. The quantitative estimate of drug-likeness (QED) is 0.578. The zero-order valence-electron chi connectivity index (χ0n) is 13.0. The van der Waals surface area contributed by atoms with Crippen molar-refractivity contribution in [1.82, 2.24) is 4.31 Å². The molecule has 0 atom stereocenters. The molecule has 0 radical (unpaired) electrons. The van der Waals surface area contributed by atoms with Crippen LogP contribution in [0.3, 0.4) is 0 Å². The maximum Gasteiger partial charge on any atom is 0.314 e. The third kappa shape index (κ3) is 4.03. The first-order chi connectivity index (χ1) is 11.9. The molecule has 1 fully saturated rings. The second-order valence-electron chi connectivity index (χ2n) is 5.61. The lowest BCUT2D eigenvalue weighted by Gasteiger charge is -2.29. The monoisotopic (exact) mass is 403 g/mol. The fraction of sp³-hybridized carbons (Fsp3) is 0.312. The summed E-state index contributed by atoms with van der Waals surface area (Å²) in [7, 11) is -3.50. The Kier molecular flexibility index (Phi) is 5.43. The second-order valence-corrected chi connectivity index (χ2v) is 9.13. The molecule has 1 saturated heterocycles. The molecule has 0 spiro atoms. The molecule has 0 unspecified atom stereocenters. The van der Waals surface area contributed by atoms with Crippen LogP contribution in [0.25, 0.3) is 0 Å². The molecule has 5 nitrogen and oxygen atoms in total. The van der Waals surface area contributed by atoms with E-state index in [4.69, 9.17) is 16.3 Å². The number of carbonyl (C=O) groups is 1. The number of thiophene rings is 1. The summed E-state index contributed by atoms with van der Waals surface area (Å²) in [5.41, 5.74) is 0. The zero-order valence-corrected chi connectivity index (χ0v) is 15.4. The van der Waals surface area contributed by atoms with Crippen LogP contribution < -0.4 is 4.74 Å². The molecular formula is C16H15ClFNO4S2. The van der Waals surface area contributed by atoms with E-state index in [0.717, 1.165) is 12.1 Å². The average molecular weight is 404 g/mol. The molecule has 0 bridgehead atoms. The number of nitrogens with zero attached hydrogens (tertiary/aromatic N) is 1. The molecular weight excluding hydrogens is 389 g/mol. The summed E-state index contributed by atoms with van der Waals surface area (Å²) in [6.45, 7) is 0.494. The smallest absolute Gasteiger partial charge is 0.314 e. The maximum atomic E-state index is 13.0. The first-order valence-corrected chi connectivity index (χ1v) is 10.3. The van der Waals surface area contributed by atoms with E-state index in [0.29, 0.717) is 17.1 Å². The standard InChI is InChI=1S/C16H15ClFNO4S2/c17-13-10-12(18)3-4-14(13)23-16(20)11-5-7-19(8-6-11)25(21,22)15-2-1-9-24-15/h1-4,9-11H,5-8H2. The number of benzene rings is 1. The van der Waals surface area contributed by atoms with Gasteiger partial charge in [-0.25, -0.2) is 12.8 Å². The van der Waals surface area contributed by atoms with Crippen LogP contribution in [0, 0.1) is 11.7 Å². The number of esters is 1. The highest BCUT2D eigenvalue weighted by molar-refractivity contribution is 7.91. The predicted octanol–water partition coefficient (Wildman–Crippen LogP) is 3.55. The Bertz CT molecular complexity index is 862. The van der Waals surface area contributed by atoms with E-state index in [-0.39, 0.29) is 23.9 Å². The van der Waals surface area contributed by atoms with Crippen molar-refractivity contribution >= 4 is 38.9 Å². The number of carbonyl (C=O) groups excluding carboxylic acids is 1. The molecule has 3 rings (SSSR count). The van der Waals surface area contributed by atoms with Crippen LogP contribution in [0.1, 0.15) is 12.8 Å². The summed E-state index contributed by atoms with van der Waals surface area (Å²) in [6, 6.07) is 6.78. The largest absolute Gasteiger partial charge is 0.425 e. The Morgan fingerprint density at radius 1 is 1.28 bits per heavy atom. The van der Waals surface area contributed by atoms with Gasteiger partial charge in [-0.1, -0.05) is 17.7 Å². The number of rotatable bonds is 4. The van der Waals surface area contributed by atoms with Gasteiger partial charge in [-0.3, -0.25) is 4.79 Å². The maximum absolute atomic E-state index is 13.0. The van der Waals surface area contributed by atoms with E-state index in [1.54, 1.807) is 17.5 Å². The molecule has 2 aromatic rings.